The van der Waals surface area contributed by atoms with Crippen molar-refractivity contribution < 1.29 is 28.6 Å². The molecule has 0 bridgehead atoms. The predicted octanol–water partition coefficient (Wildman–Crippen LogP) is 0.0713. The van der Waals surface area contributed by atoms with E-state index in [1.165, 1.54) is 18.2 Å². The molecule has 0 rings (SSSR count). The fraction of sp³-hybridized carbons (Fsp3) is 0.609. The van der Waals surface area contributed by atoms with Crippen molar-refractivity contribution in [2.75, 3.05) is 66.3 Å². The quantitative estimate of drug-likeness (QED) is 0.131. The van der Waals surface area contributed by atoms with E-state index in [1.54, 1.807) is 0 Å². The van der Waals surface area contributed by atoms with Crippen LogP contribution in [0.2, 0.25) is 0 Å². The van der Waals surface area contributed by atoms with E-state index in [0.717, 1.165) is 13.0 Å². The molecule has 0 aliphatic heterocycles. The van der Waals surface area contributed by atoms with Crippen LogP contribution < -0.4 is 21.3 Å². The number of ether oxygens (including phenoxy) is 3. The van der Waals surface area contributed by atoms with Crippen LogP contribution in [-0.2, 0) is 28.6 Å². The molecule has 0 saturated heterocycles. The van der Waals surface area contributed by atoms with Gasteiger partial charge >= 0.3 is 0 Å². The van der Waals surface area contributed by atoms with Gasteiger partial charge in [0.15, 0.2) is 0 Å². The van der Waals surface area contributed by atoms with Crippen LogP contribution in [0.3, 0.4) is 0 Å². The van der Waals surface area contributed by atoms with E-state index in [4.69, 9.17) is 14.2 Å². The maximum Gasteiger partial charge on any atom is 0.244 e. The van der Waals surface area contributed by atoms with Gasteiger partial charge in [-0.1, -0.05) is 19.7 Å². The third-order valence-corrected chi connectivity index (χ3v) is 4.32. The minimum atomic E-state index is -0.917. The summed E-state index contributed by atoms with van der Waals surface area (Å²) in [7, 11) is 1.87. The molecule has 10 nitrogen and oxygen atoms in total. The van der Waals surface area contributed by atoms with Crippen LogP contribution >= 0.6 is 0 Å². The molecular formula is C23H40N4O6. The van der Waals surface area contributed by atoms with Crippen molar-refractivity contribution in [3.63, 3.8) is 0 Å². The van der Waals surface area contributed by atoms with Crippen LogP contribution in [0.4, 0.5) is 0 Å². The lowest BCUT2D eigenvalue weighted by Gasteiger charge is -2.34. The lowest BCUT2D eigenvalue weighted by Crippen LogP contribution is -2.58. The smallest absolute Gasteiger partial charge is 0.244 e. The summed E-state index contributed by atoms with van der Waals surface area (Å²) in [6.07, 6.45) is 5.61. The van der Waals surface area contributed by atoms with Gasteiger partial charge in [0.1, 0.15) is 5.54 Å². The maximum absolute atomic E-state index is 12.1. The normalized spacial score (nSPS) is 10.8. The Morgan fingerprint density at radius 2 is 1.09 bits per heavy atom. The van der Waals surface area contributed by atoms with E-state index < -0.39 is 5.54 Å². The minimum Gasteiger partial charge on any atom is -0.379 e. The van der Waals surface area contributed by atoms with E-state index in [1.807, 2.05) is 7.05 Å². The first kappa shape index (κ1) is 30.5. The van der Waals surface area contributed by atoms with E-state index in [9.17, 15) is 14.4 Å². The molecule has 0 unspecified atom stereocenters. The first-order chi connectivity index (χ1) is 15.9. The zero-order chi connectivity index (χ0) is 24.8. The molecule has 0 aliphatic rings. The summed E-state index contributed by atoms with van der Waals surface area (Å²) >= 11 is 0. The Kier molecular flexibility index (Phi) is 18.6. The Balaban J connectivity index is 4.84. The van der Waals surface area contributed by atoms with Crippen molar-refractivity contribution in [1.82, 2.24) is 21.3 Å². The molecule has 0 aromatic carbocycles. The zero-order valence-corrected chi connectivity index (χ0v) is 19.8. The third kappa shape index (κ3) is 16.7. The summed E-state index contributed by atoms with van der Waals surface area (Å²) < 4.78 is 17.4. The third-order valence-electron chi connectivity index (χ3n) is 4.32. The van der Waals surface area contributed by atoms with Crippen LogP contribution in [0.15, 0.2) is 38.0 Å². The van der Waals surface area contributed by atoms with E-state index >= 15 is 0 Å². The molecule has 0 aromatic rings. The number of hydrogen-bond acceptors (Lipinski definition) is 7. The fourth-order valence-corrected chi connectivity index (χ4v) is 2.62. The molecule has 0 atom stereocenters. The summed E-state index contributed by atoms with van der Waals surface area (Å²) in [5, 5.41) is 11.3. The van der Waals surface area contributed by atoms with Crippen molar-refractivity contribution in [2.24, 2.45) is 0 Å². The van der Waals surface area contributed by atoms with E-state index in [0.29, 0.717) is 45.8 Å². The molecular weight excluding hydrogens is 428 g/mol. The van der Waals surface area contributed by atoms with Gasteiger partial charge in [-0.2, -0.15) is 0 Å². The van der Waals surface area contributed by atoms with Crippen molar-refractivity contribution in [1.29, 1.82) is 0 Å². The highest BCUT2D eigenvalue weighted by Crippen LogP contribution is 2.10. The highest BCUT2D eigenvalue weighted by molar-refractivity contribution is 5.87. The molecule has 188 valence electrons. The van der Waals surface area contributed by atoms with Crippen LogP contribution in [0.1, 0.15) is 19.3 Å². The molecule has 0 heterocycles. The molecule has 3 amide bonds. The Morgan fingerprint density at radius 1 is 0.697 bits per heavy atom. The number of hydrogen-bond donors (Lipinski definition) is 4. The maximum atomic E-state index is 12.1. The van der Waals surface area contributed by atoms with Crippen molar-refractivity contribution >= 4 is 17.7 Å². The standard InChI is InChI=1S/C23H40N4O6/c1-5-20(28)25-12-9-15-32-18-23(27-22(30)7-3,17-31-14-8-11-24-4)19-33-16-10-13-26-21(29)6-2/h5-7,24H,1-3,8-19H2,4H3,(H,25,28)(H,26,29)(H,27,30). The Morgan fingerprint density at radius 3 is 1.45 bits per heavy atom. The van der Waals surface area contributed by atoms with Gasteiger partial charge < -0.3 is 35.5 Å². The summed E-state index contributed by atoms with van der Waals surface area (Å²) in [5.41, 5.74) is -0.917. The molecule has 0 spiro atoms. The van der Waals surface area contributed by atoms with Gasteiger partial charge in [0.05, 0.1) is 19.8 Å². The fourth-order valence-electron chi connectivity index (χ4n) is 2.62. The summed E-state index contributed by atoms with van der Waals surface area (Å²) in [4.78, 5) is 34.5. The van der Waals surface area contributed by atoms with Crippen molar-refractivity contribution in [3.8, 4) is 0 Å². The lowest BCUT2D eigenvalue weighted by molar-refractivity contribution is -0.123. The van der Waals surface area contributed by atoms with Crippen LogP contribution in [0.25, 0.3) is 0 Å². The molecule has 0 saturated carbocycles. The molecule has 4 N–H and O–H groups in total. The molecule has 0 fully saturated rings. The molecule has 33 heavy (non-hydrogen) atoms. The first-order valence-electron chi connectivity index (χ1n) is 11.1. The number of carbonyl (C=O) groups excluding carboxylic acids is 3. The van der Waals surface area contributed by atoms with Gasteiger partial charge in [-0.25, -0.2) is 0 Å². The van der Waals surface area contributed by atoms with Gasteiger partial charge in [0.2, 0.25) is 17.7 Å². The van der Waals surface area contributed by atoms with Gasteiger partial charge in [-0.05, 0) is 51.1 Å². The zero-order valence-electron chi connectivity index (χ0n) is 19.8. The first-order valence-corrected chi connectivity index (χ1v) is 11.1. The highest BCUT2D eigenvalue weighted by atomic mass is 16.5. The summed E-state index contributed by atoms with van der Waals surface area (Å²) in [6.45, 7) is 13.8. The number of nitrogens with one attached hydrogen (secondary N) is 4. The Bertz CT molecular complexity index is 580. The lowest BCUT2D eigenvalue weighted by atomic mass is 10.0. The van der Waals surface area contributed by atoms with E-state index in [-0.39, 0.29) is 37.5 Å². The average Bonchev–Trinajstić information content (AvgIpc) is 2.82. The summed E-state index contributed by atoms with van der Waals surface area (Å²) in [5.74, 6) is -0.844. The number of carbonyl (C=O) groups is 3. The predicted molar refractivity (Wildman–Crippen MR) is 128 cm³/mol. The Hall–Kier alpha value is -2.53. The second-order valence-electron chi connectivity index (χ2n) is 7.29. The number of rotatable bonds is 22. The van der Waals surface area contributed by atoms with Crippen LogP contribution in [-0.4, -0.2) is 89.6 Å². The largest absolute Gasteiger partial charge is 0.379 e. The monoisotopic (exact) mass is 468 g/mol. The van der Waals surface area contributed by atoms with Gasteiger partial charge in [0.25, 0.3) is 0 Å². The summed E-state index contributed by atoms with van der Waals surface area (Å²) in [6, 6.07) is 0. The highest BCUT2D eigenvalue weighted by Gasteiger charge is 2.33. The Labute approximate surface area is 197 Å². The second-order valence-corrected chi connectivity index (χ2v) is 7.29. The van der Waals surface area contributed by atoms with Gasteiger partial charge in [-0.15, -0.1) is 0 Å². The second kappa shape index (κ2) is 20.1. The van der Waals surface area contributed by atoms with Crippen molar-refractivity contribution in [3.05, 3.63) is 38.0 Å². The van der Waals surface area contributed by atoms with E-state index in [2.05, 4.69) is 41.0 Å². The van der Waals surface area contributed by atoms with Gasteiger partial charge in [-0.3, -0.25) is 14.4 Å². The molecule has 10 heteroatoms. The minimum absolute atomic E-state index is 0.154. The van der Waals surface area contributed by atoms with Gasteiger partial charge in [0, 0.05) is 32.9 Å². The number of amides is 3. The van der Waals surface area contributed by atoms with Crippen LogP contribution in [0.5, 0.6) is 0 Å². The van der Waals surface area contributed by atoms with Crippen LogP contribution in [0, 0.1) is 0 Å². The topological polar surface area (TPSA) is 127 Å². The SMILES string of the molecule is C=CC(=O)NCCCOCC(COCCCNC)(COCCCNC(=O)C=C)NC(=O)C=C. The molecule has 0 aliphatic carbocycles. The van der Waals surface area contributed by atoms with Crippen molar-refractivity contribution in [2.45, 2.75) is 24.8 Å². The molecule has 0 radical (unpaired) electrons. The average molecular weight is 469 g/mol. The molecule has 0 aromatic heterocycles.